The van der Waals surface area contributed by atoms with Gasteiger partial charge in [0.2, 0.25) is 0 Å². The number of hydrogen-bond acceptors (Lipinski definition) is 6. The number of nitrogens with zero attached hydrogens (tertiary/aromatic N) is 3. The Balaban J connectivity index is 1.35. The molecule has 1 amide bonds. The third-order valence-electron chi connectivity index (χ3n) is 9.48. The first kappa shape index (κ1) is 33.4. The standard InChI is InChI=1S/C34H33F6N3O5/c1-18-30(22-11-23(34(38,39)40)14-24(35)12-22)48-32(46)43(18)15-27-25(8-10-29(41-27)42-16-33(36,37)17-42)26-13-21(7-9-28(26)47-2)19-3-5-20(6-4-19)31(44)45/h7-14,18-20,30H,3-6,15-17H2,1-2H3,(H,44,45)/t18-,19?,20?,30-/m0/s1. The van der Waals surface area contributed by atoms with Crippen molar-refractivity contribution in [2.75, 3.05) is 25.1 Å². The Morgan fingerprint density at radius 3 is 2.35 bits per heavy atom. The molecule has 0 unspecified atom stereocenters. The van der Waals surface area contributed by atoms with Gasteiger partial charge in [-0.15, -0.1) is 0 Å². The van der Waals surface area contributed by atoms with E-state index in [0.29, 0.717) is 54.3 Å². The average Bonchev–Trinajstić information content (AvgIpc) is 3.31. The fraction of sp³-hybridized carbons (Fsp3) is 0.441. The van der Waals surface area contributed by atoms with Crippen molar-refractivity contribution in [3.63, 3.8) is 0 Å². The van der Waals surface area contributed by atoms with Crippen LogP contribution < -0.4 is 9.64 Å². The first-order valence-corrected chi connectivity index (χ1v) is 15.5. The number of alkyl halides is 5. The second kappa shape index (κ2) is 12.5. The number of cyclic esters (lactones) is 1. The number of anilines is 1. The van der Waals surface area contributed by atoms with Crippen LogP contribution in [0.15, 0.2) is 48.5 Å². The molecule has 8 nitrogen and oxygen atoms in total. The summed E-state index contributed by atoms with van der Waals surface area (Å²) in [5.74, 6) is -4.40. The second-order valence-corrected chi connectivity index (χ2v) is 12.7. The number of ether oxygens (including phenoxy) is 2. The molecule has 1 aliphatic carbocycles. The number of aliphatic carboxylic acids is 1. The molecule has 3 heterocycles. The van der Waals surface area contributed by atoms with Crippen LogP contribution in [0, 0.1) is 11.7 Å². The van der Waals surface area contributed by atoms with Gasteiger partial charge in [0.25, 0.3) is 5.92 Å². The van der Waals surface area contributed by atoms with Gasteiger partial charge in [-0.25, -0.2) is 22.9 Å². The molecule has 2 atom stereocenters. The minimum atomic E-state index is -4.82. The smallest absolute Gasteiger partial charge is 0.416 e. The van der Waals surface area contributed by atoms with E-state index < -0.39 is 66.7 Å². The van der Waals surface area contributed by atoms with E-state index >= 15 is 0 Å². The fourth-order valence-electron chi connectivity index (χ4n) is 6.83. The Bertz CT molecular complexity index is 1720. The van der Waals surface area contributed by atoms with Crippen molar-refractivity contribution in [3.8, 4) is 16.9 Å². The minimum absolute atomic E-state index is 0.0893. The van der Waals surface area contributed by atoms with Crippen molar-refractivity contribution in [2.24, 2.45) is 5.92 Å². The summed E-state index contributed by atoms with van der Waals surface area (Å²) in [5, 5.41) is 9.42. The molecule has 3 aromatic rings. The van der Waals surface area contributed by atoms with Crippen LogP contribution in [0.1, 0.15) is 67.0 Å². The number of hydrogen-bond donors (Lipinski definition) is 1. The van der Waals surface area contributed by atoms with Crippen LogP contribution in [-0.4, -0.2) is 59.2 Å². The maximum atomic E-state index is 14.3. The summed E-state index contributed by atoms with van der Waals surface area (Å²) in [7, 11) is 1.49. The van der Waals surface area contributed by atoms with Crippen LogP contribution in [-0.2, 0) is 22.3 Å². The van der Waals surface area contributed by atoms with Crippen LogP contribution in [0.3, 0.4) is 0 Å². The quantitative estimate of drug-likeness (QED) is 0.243. The molecule has 2 aliphatic heterocycles. The highest BCUT2D eigenvalue weighted by Gasteiger charge is 2.45. The number of amides is 1. The van der Waals surface area contributed by atoms with E-state index in [2.05, 4.69) is 4.98 Å². The van der Waals surface area contributed by atoms with Gasteiger partial charge < -0.3 is 19.5 Å². The van der Waals surface area contributed by atoms with Gasteiger partial charge >= 0.3 is 18.2 Å². The van der Waals surface area contributed by atoms with Crippen LogP contribution in [0.25, 0.3) is 11.1 Å². The summed E-state index contributed by atoms with van der Waals surface area (Å²) in [4.78, 5) is 32.0. The Morgan fingerprint density at radius 1 is 1.02 bits per heavy atom. The summed E-state index contributed by atoms with van der Waals surface area (Å²) in [6.07, 6.45) is -4.50. The van der Waals surface area contributed by atoms with Gasteiger partial charge in [-0.1, -0.05) is 6.07 Å². The molecule has 1 saturated carbocycles. The molecule has 1 aromatic heterocycles. The number of rotatable bonds is 8. The minimum Gasteiger partial charge on any atom is -0.496 e. The van der Waals surface area contributed by atoms with Gasteiger partial charge in [0, 0.05) is 11.1 Å². The number of carboxylic acid groups (broad SMARTS) is 1. The van der Waals surface area contributed by atoms with Crippen molar-refractivity contribution in [1.82, 2.24) is 9.88 Å². The lowest BCUT2D eigenvalue weighted by atomic mass is 9.78. The molecular weight excluding hydrogens is 644 g/mol. The topological polar surface area (TPSA) is 92.2 Å². The monoisotopic (exact) mass is 677 g/mol. The van der Waals surface area contributed by atoms with Gasteiger partial charge in [0.05, 0.1) is 50.0 Å². The molecule has 14 heteroatoms. The predicted octanol–water partition coefficient (Wildman–Crippen LogP) is 7.81. The third-order valence-corrected chi connectivity index (χ3v) is 9.48. The molecule has 0 spiro atoms. The third kappa shape index (κ3) is 6.61. The first-order chi connectivity index (χ1) is 22.6. The first-order valence-electron chi connectivity index (χ1n) is 15.5. The molecule has 2 saturated heterocycles. The number of halogens is 6. The van der Waals surface area contributed by atoms with E-state index in [1.54, 1.807) is 25.1 Å². The summed E-state index contributed by atoms with van der Waals surface area (Å²) in [6, 6.07) is 10.1. The maximum Gasteiger partial charge on any atom is 0.416 e. The van der Waals surface area contributed by atoms with Gasteiger partial charge in [0.15, 0.2) is 0 Å². The molecule has 48 heavy (non-hydrogen) atoms. The van der Waals surface area contributed by atoms with Gasteiger partial charge in [0.1, 0.15) is 23.5 Å². The summed E-state index contributed by atoms with van der Waals surface area (Å²) >= 11 is 0. The number of methoxy groups -OCH3 is 1. The lowest BCUT2D eigenvalue weighted by molar-refractivity contribution is -0.143. The maximum absolute atomic E-state index is 14.3. The van der Waals surface area contributed by atoms with Crippen molar-refractivity contribution in [1.29, 1.82) is 0 Å². The lowest BCUT2D eigenvalue weighted by Gasteiger charge is -2.39. The van der Waals surface area contributed by atoms with Gasteiger partial charge in [-0.3, -0.25) is 9.69 Å². The van der Waals surface area contributed by atoms with E-state index in [1.165, 1.54) is 16.9 Å². The van der Waals surface area contributed by atoms with Crippen molar-refractivity contribution >= 4 is 17.9 Å². The largest absolute Gasteiger partial charge is 0.496 e. The van der Waals surface area contributed by atoms with Crippen molar-refractivity contribution in [2.45, 2.75) is 69.3 Å². The van der Waals surface area contributed by atoms with E-state index in [-0.39, 0.29) is 23.8 Å². The van der Waals surface area contributed by atoms with Crippen LogP contribution >= 0.6 is 0 Å². The van der Waals surface area contributed by atoms with E-state index in [9.17, 15) is 41.0 Å². The van der Waals surface area contributed by atoms with Crippen LogP contribution in [0.2, 0.25) is 0 Å². The zero-order valence-corrected chi connectivity index (χ0v) is 26.1. The Labute approximate surface area is 272 Å². The number of aromatic nitrogens is 1. The SMILES string of the molecule is COc1ccc(C2CCC(C(=O)O)CC2)cc1-c1ccc(N2CC(F)(F)C2)nc1CN1C(=O)O[C@H](c2cc(F)cc(C(F)(F)F)c2)[C@@H]1C. The molecule has 1 N–H and O–H groups in total. The highest BCUT2D eigenvalue weighted by atomic mass is 19.4. The zero-order valence-electron chi connectivity index (χ0n) is 26.1. The Hall–Kier alpha value is -4.49. The van der Waals surface area contributed by atoms with E-state index in [1.807, 2.05) is 12.1 Å². The fourth-order valence-corrected chi connectivity index (χ4v) is 6.83. The number of carboxylic acids is 1. The molecule has 2 aromatic carbocycles. The van der Waals surface area contributed by atoms with Gasteiger partial charge in [-0.2, -0.15) is 13.2 Å². The number of carbonyl (C=O) groups is 2. The second-order valence-electron chi connectivity index (χ2n) is 12.7. The summed E-state index contributed by atoms with van der Waals surface area (Å²) in [5.41, 5.74) is 1.00. The van der Waals surface area contributed by atoms with Crippen molar-refractivity contribution in [3.05, 3.63) is 76.7 Å². The summed E-state index contributed by atoms with van der Waals surface area (Å²) in [6.45, 7) is 0.272. The van der Waals surface area contributed by atoms with E-state index in [4.69, 9.17) is 9.47 Å². The Morgan fingerprint density at radius 2 is 1.73 bits per heavy atom. The number of carbonyl (C=O) groups excluding carboxylic acids is 1. The van der Waals surface area contributed by atoms with Crippen LogP contribution in [0.4, 0.5) is 37.0 Å². The van der Waals surface area contributed by atoms with Crippen molar-refractivity contribution < 1.29 is 50.5 Å². The predicted molar refractivity (Wildman–Crippen MR) is 161 cm³/mol. The molecule has 6 rings (SSSR count). The molecule has 256 valence electrons. The highest BCUT2D eigenvalue weighted by Crippen LogP contribution is 2.43. The Kier molecular flexibility index (Phi) is 8.71. The van der Waals surface area contributed by atoms with E-state index in [0.717, 1.165) is 17.7 Å². The summed E-state index contributed by atoms with van der Waals surface area (Å²) < 4.78 is 93.3. The number of benzene rings is 2. The molecule has 3 aliphatic rings. The van der Waals surface area contributed by atoms with Crippen LogP contribution in [0.5, 0.6) is 5.75 Å². The molecule has 0 bridgehead atoms. The molecular formula is C34H33F6N3O5. The highest BCUT2D eigenvalue weighted by molar-refractivity contribution is 5.76. The number of pyridine rings is 1. The molecule has 3 fully saturated rings. The normalized spacial score (nSPS) is 23.9. The molecule has 0 radical (unpaired) electrons. The lowest BCUT2D eigenvalue weighted by Crippen LogP contribution is -2.56. The van der Waals surface area contributed by atoms with Gasteiger partial charge in [-0.05, 0) is 92.1 Å². The zero-order chi connectivity index (χ0) is 34.5. The average molecular weight is 678 g/mol.